The summed E-state index contributed by atoms with van der Waals surface area (Å²) in [6, 6.07) is -76.2. The van der Waals surface area contributed by atoms with E-state index in [2.05, 4.69) is 0 Å². The molecule has 0 N–H and O–H groups in total. The summed E-state index contributed by atoms with van der Waals surface area (Å²) < 4.78 is 768. The molecule has 0 saturated carbocycles. The Labute approximate surface area is 902 Å². The summed E-state index contributed by atoms with van der Waals surface area (Å²) in [6.07, 6.45) is 0. The highest BCUT2D eigenvalue weighted by molar-refractivity contribution is 6.28. The van der Waals surface area contributed by atoms with Crippen LogP contribution in [-0.2, 0) is 0 Å². The van der Waals surface area contributed by atoms with E-state index in [1.54, 1.807) is 0 Å². The molecule has 0 aromatic heterocycles. The molecule has 0 saturated heterocycles. The van der Waals surface area contributed by atoms with Crippen LogP contribution in [0.3, 0.4) is 0 Å². The van der Waals surface area contributed by atoms with E-state index < -0.39 is 783 Å². The molecule has 27 aromatic carbocycles. The Kier molecular flexibility index (Phi) is 7.83. The van der Waals surface area contributed by atoms with Crippen molar-refractivity contribution < 1.29 is 121 Å². The molecule has 0 radical (unpaired) electrons. The van der Waals surface area contributed by atoms with Crippen LogP contribution in [0, 0.1) is 0 Å². The van der Waals surface area contributed by atoms with Gasteiger partial charge >= 0.3 is 0 Å². The molecule has 0 fully saturated rings. The van der Waals surface area contributed by atoms with Gasteiger partial charge in [0.2, 0.25) is 0 Å². The van der Waals surface area contributed by atoms with E-state index in [4.69, 9.17) is 101 Å². The summed E-state index contributed by atoms with van der Waals surface area (Å²) in [5.41, 5.74) is -12.0. The van der Waals surface area contributed by atoms with Gasteiger partial charge in [0.15, 0.2) is 0 Å². The average molecular weight is 1790 g/mol. The van der Waals surface area contributed by atoms with E-state index in [1.165, 1.54) is 0 Å². The van der Waals surface area contributed by atoms with Crippen LogP contribution in [0.4, 0.5) is 0 Å². The van der Waals surface area contributed by atoms with Crippen LogP contribution in [-0.4, -0.2) is 0 Å². The molecule has 0 spiro atoms. The molecule has 27 rings (SSSR count). The SMILES string of the molecule is [2H]c1c([2H])c([2H])c(-c2c([2H])c([2H])c(-c3c4c([2H])c([2H])c([2H])c([2H])c4c(-c4c([2H])c([2H])c5c([2H])c([2H])c([2H])c([2H])c5c4[2H])c4c([2H])c([2H])c([2H])c([2H])c34)c([2H])c2[2H])c([2H])c1[2H].[2H]c1c([2H])c([2H])c(-c2c3c([2H])c([2H])c([2H])c([2H])c3c(-c3c([2H])c([2H])c4c([2H])c([2H])c([2H])c([2H])c4c3[2H])c3c([2H])c([2H])c([2H])c([2H])c23)c([2H])c1[2H].[2H]c1c([2H])c([2H])c2c(-c3c4c([2H])c([2H])c([2H])c([2H])c4c(-c4c([2H])c([2H])c([2H])c5c([2H])c([2H])c([2H])c([2H])c45)c4c([2H])c([2H])c([2H])c([2H])c34)c([2H])c([2H])c([2H])c2c1[2H].[2H]c1c([2H])c([2H])c2c([2H])c(-c3c4c([2H])c([2H])c([2H])c([2H])c4c(-c4c([2H])c([2H])c5c([2H])c([2H])c([2H])c([2H])c5c4[2H])c4c([2H])c([2H])c([2H])c([2H])c34)c([2H])c([2H])c2c1[2H]. The number of benzene rings is 27. The van der Waals surface area contributed by atoms with E-state index in [0.717, 1.165) is 0 Å². The topological polar surface area (TPSA) is 0 Å². The summed E-state index contributed by atoms with van der Waals surface area (Å²) in [5.74, 6) is 0. The third-order valence-electron chi connectivity index (χ3n) is 21.0. The Morgan fingerprint density at radius 2 is 0.246 bits per heavy atom. The van der Waals surface area contributed by atoms with Crippen molar-refractivity contribution in [2.75, 3.05) is 0 Å². The van der Waals surface area contributed by atoms with Crippen molar-refractivity contribution >= 4 is 151 Å². The minimum absolute atomic E-state index is 0.497. The van der Waals surface area contributed by atoms with Crippen molar-refractivity contribution in [3.8, 4) is 100 Å². The molecule has 624 valence electrons. The summed E-state index contributed by atoms with van der Waals surface area (Å²) in [6.45, 7) is 0. The fraction of sp³-hybridized carbons (Fsp3) is 0. The lowest BCUT2D eigenvalue weighted by atomic mass is 9.84. The third-order valence-corrected chi connectivity index (χ3v) is 21.0. The maximum Gasteiger partial charge on any atom is 0.0636 e. The first-order valence-corrected chi connectivity index (χ1v) is 39.2. The lowest BCUT2D eigenvalue weighted by Crippen LogP contribution is -1.92. The Hall–Kier alpha value is -17.4. The monoisotopic (exact) mass is 1790 g/mol. The van der Waals surface area contributed by atoms with Crippen molar-refractivity contribution in [3.05, 3.63) is 532 Å². The first-order chi connectivity index (χ1) is 103. The molecule has 0 heterocycles. The van der Waals surface area contributed by atoms with E-state index in [0.29, 0.717) is 0 Å². The predicted octanol–water partition coefficient (Wildman–Crippen LogP) is 37.9. The van der Waals surface area contributed by atoms with Crippen molar-refractivity contribution in [1.29, 1.82) is 0 Å². The van der Waals surface area contributed by atoms with Gasteiger partial charge in [-0.15, -0.1) is 0 Å². The van der Waals surface area contributed by atoms with Gasteiger partial charge < -0.3 is 0 Å². The molecule has 0 bridgehead atoms. The van der Waals surface area contributed by atoms with E-state index in [9.17, 15) is 19.2 Å². The smallest absolute Gasteiger partial charge is 0.0622 e. The van der Waals surface area contributed by atoms with Gasteiger partial charge in [0, 0.05) is 0 Å². The van der Waals surface area contributed by atoms with Crippen molar-refractivity contribution in [2.24, 2.45) is 0 Å². The normalized spacial score (nSPS) is 20.6. The van der Waals surface area contributed by atoms with Gasteiger partial charge in [-0.05, 0) is 275 Å². The maximum absolute atomic E-state index is 9.32. The molecule has 0 aliphatic carbocycles. The number of hydrogen-bond acceptors (Lipinski definition) is 0. The lowest BCUT2D eigenvalue weighted by Gasteiger charge is -2.19. The summed E-state index contributed by atoms with van der Waals surface area (Å²) >= 11 is 0. The highest BCUT2D eigenvalue weighted by Crippen LogP contribution is 2.51. The van der Waals surface area contributed by atoms with Crippen molar-refractivity contribution in [2.45, 2.75) is 0 Å². The van der Waals surface area contributed by atoms with Crippen LogP contribution in [0.2, 0.25) is 0 Å². The second-order valence-corrected chi connectivity index (χ2v) is 28.2. The first-order valence-electron chi connectivity index (χ1n) is 83.2. The summed E-state index contributed by atoms with van der Waals surface area (Å²) in [5, 5.41) is -16.8. The van der Waals surface area contributed by atoms with Gasteiger partial charge in [0.25, 0.3) is 0 Å². The van der Waals surface area contributed by atoms with Gasteiger partial charge in [-0.1, -0.05) is 508 Å². The minimum atomic E-state index is -1.02. The zero-order chi connectivity index (χ0) is 165. The molecular weight excluding hydrogens is 1610 g/mol. The number of rotatable bonds is 9. The van der Waals surface area contributed by atoms with Crippen LogP contribution in [0.1, 0.15) is 121 Å². The third kappa shape index (κ3) is 14.6. The second kappa shape index (κ2) is 34.9. The molecule has 134 heavy (non-hydrogen) atoms. The molecule has 0 nitrogen and oxygen atoms in total. The molecule has 0 aliphatic rings. The highest BCUT2D eigenvalue weighted by atomic mass is 14.3. The van der Waals surface area contributed by atoms with Gasteiger partial charge in [0.05, 0.1) is 121 Å². The first kappa shape index (κ1) is 30.1. The van der Waals surface area contributed by atoms with Crippen molar-refractivity contribution in [3.63, 3.8) is 0 Å². The molecule has 0 aliphatic heterocycles. The standard InChI is InChI=1S/C36H24.2C34H22.C30H20/c1-2-10-25(11-3-1)27-18-21-28(22-19-27)35-31-14-6-8-16-33(31)36(34-17-9-7-15-32(34)35)30-23-20-26-12-4-5-13-29(26)24-30;1-3-15-25-23(11-1)13-9-21-27(25)33-29-17-5-7-19-31(29)34(32-20-8-6-18-30(32)33)28-22-10-14-24-12-2-4-16-26(24)28;1-3-11-25-21-27(19-17-23(25)9-1)33-29-13-5-7-15-31(29)34(32-16-8-6-14-30(32)33)28-20-18-24-10-2-4-12-26(24)22-28;1-2-11-22(12-3-1)29-25-14-6-8-16-27(25)30(28-17-9-7-15-26(28)29)24-19-18-21-10-4-5-13-23(21)20-24/h1-24H;2*1-22H;1-20H/i1D,2D,3D,4D,5D,6D,7D,8D,9D,10D,11D,12D,13D,14D,15D,16D,17D,18D,19D,20D,21D,22D,23D,24D;2*1D,2D,3D,4D,5D,6D,7D,8D,9D,10D,11D,12D,13D,14D,15D,16D,17D,18D,19D,20D,21D,22D;1D,2D,3D,4D,5D,6D,7D,8D,9D,10D,11D,12D,13D,14D,15D,16D,17D,18D,19D,20D. The van der Waals surface area contributed by atoms with Gasteiger partial charge in [-0.3, -0.25) is 0 Å². The largest absolute Gasteiger partial charge is 0.0636 e. The van der Waals surface area contributed by atoms with Gasteiger partial charge in [-0.2, -0.15) is 0 Å². The molecule has 0 atom stereocenters. The molecule has 0 unspecified atom stereocenters. The van der Waals surface area contributed by atoms with Gasteiger partial charge in [0.1, 0.15) is 0 Å². The summed E-state index contributed by atoms with van der Waals surface area (Å²) in [7, 11) is 0. The van der Waals surface area contributed by atoms with Crippen LogP contribution in [0.15, 0.2) is 532 Å². The Morgan fingerprint density at radius 1 is 0.0896 bits per heavy atom. The highest BCUT2D eigenvalue weighted by Gasteiger charge is 2.24. The van der Waals surface area contributed by atoms with E-state index in [-0.39, 0.29) is 0 Å². The number of fused-ring (bicyclic) bond motifs is 14. The zero-order valence-corrected chi connectivity index (χ0v) is 67.0. The Balaban J connectivity index is 0.000000144. The fourth-order valence-corrected chi connectivity index (χ4v) is 15.4. The van der Waals surface area contributed by atoms with Crippen LogP contribution in [0.5, 0.6) is 0 Å². The maximum atomic E-state index is 9.32. The molecule has 27 aromatic rings. The van der Waals surface area contributed by atoms with Crippen LogP contribution in [0.25, 0.3) is 251 Å². The molecule has 0 heteroatoms. The average Bonchev–Trinajstić information content (AvgIpc) is 0.663. The second-order valence-electron chi connectivity index (χ2n) is 28.2. The molecular formula is C134H88. The Morgan fingerprint density at radius 3 is 0.500 bits per heavy atom. The summed E-state index contributed by atoms with van der Waals surface area (Å²) in [4.78, 5) is 0. The predicted molar refractivity (Wildman–Crippen MR) is 580 cm³/mol. The lowest BCUT2D eigenvalue weighted by molar-refractivity contribution is 1.61. The van der Waals surface area contributed by atoms with Crippen molar-refractivity contribution in [1.82, 2.24) is 0 Å². The van der Waals surface area contributed by atoms with Crippen LogP contribution < -0.4 is 0 Å². The zero-order valence-electron chi connectivity index (χ0n) is 155. The Bertz CT molecular complexity index is 14200. The van der Waals surface area contributed by atoms with E-state index >= 15 is 0 Å². The minimum Gasteiger partial charge on any atom is -0.0622 e. The van der Waals surface area contributed by atoms with Gasteiger partial charge in [-0.25, -0.2) is 0 Å². The van der Waals surface area contributed by atoms with E-state index in [1.807, 2.05) is 0 Å². The molecule has 0 amide bonds. The fourth-order valence-electron chi connectivity index (χ4n) is 15.4. The van der Waals surface area contributed by atoms with Crippen LogP contribution >= 0.6 is 0 Å². The quantitative estimate of drug-likeness (QED) is 0.126. The number of hydrogen-bond donors (Lipinski definition) is 0.